The van der Waals surface area contributed by atoms with E-state index in [1.165, 1.54) is 6.42 Å². The maximum atomic E-state index is 6.18. The number of aryl methyl sites for hydroxylation is 1. The first-order chi connectivity index (χ1) is 8.37. The third kappa shape index (κ3) is 3.18. The fraction of sp³-hybridized carbons (Fsp3) is 0.600. The Hall–Kier alpha value is -0.730. The molecule has 1 fully saturated rings. The fourth-order valence-electron chi connectivity index (χ4n) is 2.53. The smallest absolute Gasteiger partial charge is 0.124 e. The average Bonchev–Trinajstić information content (AvgIpc) is 2.28. The molecule has 0 heterocycles. The van der Waals surface area contributed by atoms with Crippen molar-refractivity contribution in [2.24, 2.45) is 11.1 Å². The number of hydrogen-bond acceptors (Lipinski definition) is 2. The Morgan fingerprint density at radius 1 is 1.39 bits per heavy atom. The van der Waals surface area contributed by atoms with E-state index in [0.29, 0.717) is 10.4 Å². The molecule has 0 spiro atoms. The second-order valence-electron chi connectivity index (χ2n) is 6.14. The lowest BCUT2D eigenvalue weighted by atomic mass is 9.74. The van der Waals surface area contributed by atoms with Crippen LogP contribution in [-0.2, 0) is 0 Å². The minimum atomic E-state index is 0.0888. The predicted molar refractivity (Wildman–Crippen MR) is 76.2 cm³/mol. The summed E-state index contributed by atoms with van der Waals surface area (Å²) < 4.78 is 6.11. The molecule has 1 aromatic carbocycles. The van der Waals surface area contributed by atoms with E-state index in [4.69, 9.17) is 22.1 Å². The third-order valence-corrected chi connectivity index (χ3v) is 4.05. The number of nitrogens with two attached hydrogens (primary N) is 1. The number of ether oxygens (including phenoxy) is 1. The van der Waals surface area contributed by atoms with Gasteiger partial charge in [-0.3, -0.25) is 0 Å². The molecule has 1 aliphatic rings. The summed E-state index contributed by atoms with van der Waals surface area (Å²) in [7, 11) is 0. The highest BCUT2D eigenvalue weighted by Gasteiger charge is 2.34. The van der Waals surface area contributed by atoms with Gasteiger partial charge in [0.25, 0.3) is 0 Å². The van der Waals surface area contributed by atoms with Crippen LogP contribution in [0.4, 0.5) is 0 Å². The molecule has 0 aromatic heterocycles. The van der Waals surface area contributed by atoms with Gasteiger partial charge in [-0.05, 0) is 49.3 Å². The third-order valence-electron chi connectivity index (χ3n) is 3.81. The summed E-state index contributed by atoms with van der Waals surface area (Å²) in [5.41, 5.74) is 7.60. The highest BCUT2D eigenvalue weighted by molar-refractivity contribution is 6.30. The summed E-state index contributed by atoms with van der Waals surface area (Å²) >= 11 is 6.02. The first-order valence-corrected chi connectivity index (χ1v) is 6.94. The summed E-state index contributed by atoms with van der Waals surface area (Å²) in [6.45, 7) is 6.59. The van der Waals surface area contributed by atoms with Gasteiger partial charge in [0.05, 0.1) is 0 Å². The first kappa shape index (κ1) is 13.7. The minimum Gasteiger partial charge on any atom is -0.488 e. The van der Waals surface area contributed by atoms with E-state index < -0.39 is 0 Å². The summed E-state index contributed by atoms with van der Waals surface area (Å²) in [6.07, 6.45) is 3.28. The zero-order valence-corrected chi connectivity index (χ0v) is 12.1. The van der Waals surface area contributed by atoms with Crippen LogP contribution in [0, 0.1) is 12.3 Å². The van der Waals surface area contributed by atoms with Gasteiger partial charge in [-0.2, -0.15) is 0 Å². The van der Waals surface area contributed by atoms with Crippen LogP contribution < -0.4 is 10.5 Å². The quantitative estimate of drug-likeness (QED) is 0.881. The lowest BCUT2D eigenvalue weighted by Gasteiger charge is -2.39. The SMILES string of the molecule is Cc1ccc(Cl)cc1OC1CC(C)(C)CCC1N. The first-order valence-electron chi connectivity index (χ1n) is 6.56. The summed E-state index contributed by atoms with van der Waals surface area (Å²) in [6, 6.07) is 5.87. The van der Waals surface area contributed by atoms with E-state index in [2.05, 4.69) is 13.8 Å². The minimum absolute atomic E-state index is 0.0888. The largest absolute Gasteiger partial charge is 0.488 e. The highest BCUT2D eigenvalue weighted by atomic mass is 35.5. The van der Waals surface area contributed by atoms with Crippen LogP contribution in [0.2, 0.25) is 5.02 Å². The van der Waals surface area contributed by atoms with Crippen molar-refractivity contribution in [3.05, 3.63) is 28.8 Å². The molecule has 2 unspecified atom stereocenters. The molecule has 3 heteroatoms. The fourth-order valence-corrected chi connectivity index (χ4v) is 2.70. The maximum absolute atomic E-state index is 6.18. The van der Waals surface area contributed by atoms with Crippen LogP contribution in [0.25, 0.3) is 0 Å². The molecule has 0 aliphatic heterocycles. The van der Waals surface area contributed by atoms with Crippen molar-refractivity contribution < 1.29 is 4.74 Å². The predicted octanol–water partition coefficient (Wildman–Crippen LogP) is 3.93. The van der Waals surface area contributed by atoms with E-state index in [1.807, 2.05) is 25.1 Å². The van der Waals surface area contributed by atoms with Crippen molar-refractivity contribution in [3.63, 3.8) is 0 Å². The Balaban J connectivity index is 2.14. The normalized spacial score (nSPS) is 26.9. The van der Waals surface area contributed by atoms with E-state index in [1.54, 1.807) is 0 Å². The highest BCUT2D eigenvalue weighted by Crippen LogP contribution is 2.37. The molecule has 0 saturated heterocycles. The maximum Gasteiger partial charge on any atom is 0.124 e. The Bertz CT molecular complexity index is 431. The molecule has 100 valence electrons. The van der Waals surface area contributed by atoms with Crippen LogP contribution in [0.3, 0.4) is 0 Å². The van der Waals surface area contributed by atoms with Gasteiger partial charge in [-0.15, -0.1) is 0 Å². The molecule has 2 rings (SSSR count). The molecule has 1 aliphatic carbocycles. The summed E-state index contributed by atoms with van der Waals surface area (Å²) in [5.74, 6) is 0.862. The van der Waals surface area contributed by atoms with E-state index in [0.717, 1.165) is 24.2 Å². The van der Waals surface area contributed by atoms with E-state index in [-0.39, 0.29) is 12.1 Å². The van der Waals surface area contributed by atoms with Crippen LogP contribution in [-0.4, -0.2) is 12.1 Å². The monoisotopic (exact) mass is 267 g/mol. The van der Waals surface area contributed by atoms with Crippen molar-refractivity contribution in [2.45, 2.75) is 52.2 Å². The van der Waals surface area contributed by atoms with Crippen LogP contribution >= 0.6 is 11.6 Å². The van der Waals surface area contributed by atoms with Gasteiger partial charge < -0.3 is 10.5 Å². The van der Waals surface area contributed by atoms with Gasteiger partial charge in [0, 0.05) is 11.1 Å². The number of hydrogen-bond donors (Lipinski definition) is 1. The number of halogens is 1. The molecule has 2 N–H and O–H groups in total. The zero-order valence-electron chi connectivity index (χ0n) is 11.4. The second-order valence-corrected chi connectivity index (χ2v) is 6.57. The number of benzene rings is 1. The van der Waals surface area contributed by atoms with Crippen molar-refractivity contribution in [1.82, 2.24) is 0 Å². The lowest BCUT2D eigenvalue weighted by Crippen LogP contribution is -2.46. The van der Waals surface area contributed by atoms with Crippen molar-refractivity contribution in [2.75, 3.05) is 0 Å². The second kappa shape index (κ2) is 5.10. The molecule has 0 amide bonds. The molecular weight excluding hydrogens is 246 g/mol. The molecule has 0 radical (unpaired) electrons. The van der Waals surface area contributed by atoms with Crippen LogP contribution in [0.5, 0.6) is 5.75 Å². The molecule has 0 bridgehead atoms. The summed E-state index contributed by atoms with van der Waals surface area (Å²) in [4.78, 5) is 0. The lowest BCUT2D eigenvalue weighted by molar-refractivity contribution is 0.0664. The average molecular weight is 268 g/mol. The van der Waals surface area contributed by atoms with Gasteiger partial charge in [-0.25, -0.2) is 0 Å². The van der Waals surface area contributed by atoms with Crippen molar-refractivity contribution >= 4 is 11.6 Å². The zero-order chi connectivity index (χ0) is 13.3. The Morgan fingerprint density at radius 2 is 2.11 bits per heavy atom. The van der Waals surface area contributed by atoms with Crippen LogP contribution in [0.15, 0.2) is 18.2 Å². The standard InChI is InChI=1S/C15H22ClNO/c1-10-4-5-11(16)8-13(10)18-14-9-15(2,3)7-6-12(14)17/h4-5,8,12,14H,6-7,9,17H2,1-3H3. The molecule has 18 heavy (non-hydrogen) atoms. The van der Waals surface area contributed by atoms with Gasteiger partial charge in [-0.1, -0.05) is 31.5 Å². The van der Waals surface area contributed by atoms with E-state index >= 15 is 0 Å². The van der Waals surface area contributed by atoms with Crippen LogP contribution in [0.1, 0.15) is 38.7 Å². The molecule has 1 saturated carbocycles. The van der Waals surface area contributed by atoms with Crippen molar-refractivity contribution in [1.29, 1.82) is 0 Å². The summed E-state index contributed by atoms with van der Waals surface area (Å²) in [5, 5.41) is 0.708. The van der Waals surface area contributed by atoms with Gasteiger partial charge in [0.1, 0.15) is 11.9 Å². The Labute approximate surface area is 114 Å². The number of rotatable bonds is 2. The Kier molecular flexibility index (Phi) is 3.88. The van der Waals surface area contributed by atoms with E-state index in [9.17, 15) is 0 Å². The Morgan fingerprint density at radius 3 is 2.83 bits per heavy atom. The van der Waals surface area contributed by atoms with Crippen molar-refractivity contribution in [3.8, 4) is 5.75 Å². The molecule has 2 atom stereocenters. The van der Waals surface area contributed by atoms with Gasteiger partial charge in [0.2, 0.25) is 0 Å². The molecular formula is C15H22ClNO. The van der Waals surface area contributed by atoms with Gasteiger partial charge in [0.15, 0.2) is 0 Å². The molecule has 2 nitrogen and oxygen atoms in total. The van der Waals surface area contributed by atoms with Gasteiger partial charge >= 0.3 is 0 Å². The topological polar surface area (TPSA) is 35.2 Å². The molecule has 1 aromatic rings.